The topological polar surface area (TPSA) is 35.2 Å². The van der Waals surface area contributed by atoms with Gasteiger partial charge in [-0.05, 0) is 43.0 Å². The van der Waals surface area contributed by atoms with Crippen LogP contribution in [0.4, 0.5) is 0 Å². The van der Waals surface area contributed by atoms with E-state index in [-0.39, 0.29) is 5.41 Å². The first-order chi connectivity index (χ1) is 6.88. The number of aryl methyl sites for hydroxylation is 3. The van der Waals surface area contributed by atoms with Crippen molar-refractivity contribution in [3.63, 3.8) is 0 Å². The van der Waals surface area contributed by atoms with Crippen LogP contribution in [0.5, 0.6) is 0 Å². The molecule has 2 nitrogen and oxygen atoms in total. The third-order valence-electron chi connectivity index (χ3n) is 3.01. The maximum absolute atomic E-state index is 5.17. The van der Waals surface area contributed by atoms with Crippen molar-refractivity contribution in [3.8, 4) is 0 Å². The van der Waals surface area contributed by atoms with E-state index < -0.39 is 0 Å². The Morgan fingerprint density at radius 1 is 1.07 bits per heavy atom. The van der Waals surface area contributed by atoms with Crippen LogP contribution in [0.25, 0.3) is 0 Å². The summed E-state index contributed by atoms with van der Waals surface area (Å²) >= 11 is 0. The summed E-state index contributed by atoms with van der Waals surface area (Å²) in [6, 6.07) is 4.46. The van der Waals surface area contributed by atoms with Crippen molar-refractivity contribution >= 4 is 0 Å². The molecular formula is C13H21NO. The van der Waals surface area contributed by atoms with Crippen LogP contribution in [0.15, 0.2) is 12.1 Å². The summed E-state index contributed by atoms with van der Waals surface area (Å²) in [5, 5.41) is 0. The van der Waals surface area contributed by atoms with Crippen molar-refractivity contribution in [1.29, 1.82) is 0 Å². The van der Waals surface area contributed by atoms with Crippen LogP contribution in [-0.2, 0) is 10.3 Å². The molecule has 0 atom stereocenters. The average molecular weight is 207 g/mol. The second-order valence-corrected chi connectivity index (χ2v) is 4.95. The Kier molecular flexibility index (Phi) is 3.53. The van der Waals surface area contributed by atoms with E-state index in [9.17, 15) is 0 Å². The number of nitrogens with two attached hydrogens (primary N) is 1. The fourth-order valence-corrected chi connectivity index (χ4v) is 1.98. The fraction of sp³-hybridized carbons (Fsp3) is 0.538. The maximum Gasteiger partial charge on any atom is 0.0770 e. The van der Waals surface area contributed by atoms with Gasteiger partial charge in [-0.2, -0.15) is 0 Å². The van der Waals surface area contributed by atoms with E-state index in [1.54, 1.807) is 0 Å². The molecule has 15 heavy (non-hydrogen) atoms. The smallest absolute Gasteiger partial charge is 0.0770 e. The monoisotopic (exact) mass is 207 g/mol. The highest BCUT2D eigenvalue weighted by molar-refractivity contribution is 5.40. The second-order valence-electron chi connectivity index (χ2n) is 4.95. The van der Waals surface area contributed by atoms with Crippen LogP contribution >= 0.6 is 0 Å². The molecule has 84 valence electrons. The lowest BCUT2D eigenvalue weighted by atomic mass is 9.81. The molecule has 0 aliphatic rings. The highest BCUT2D eigenvalue weighted by Crippen LogP contribution is 2.28. The SMILES string of the molecule is Cc1cc(C)c(C(C)(C)CON)cc1C. The van der Waals surface area contributed by atoms with Crippen LogP contribution in [0.2, 0.25) is 0 Å². The zero-order valence-electron chi connectivity index (χ0n) is 10.3. The molecule has 0 heterocycles. The normalized spacial score (nSPS) is 11.9. The molecule has 0 saturated heterocycles. The Bertz CT molecular complexity index is 356. The standard InChI is InChI=1S/C13H21NO/c1-9-6-11(3)12(7-10(9)2)13(4,5)8-15-14/h6-7H,8,14H2,1-5H3. The lowest BCUT2D eigenvalue weighted by Crippen LogP contribution is -2.27. The minimum Gasteiger partial charge on any atom is -0.304 e. The zero-order valence-corrected chi connectivity index (χ0v) is 10.3. The lowest BCUT2D eigenvalue weighted by molar-refractivity contribution is 0.0962. The molecule has 2 heteroatoms. The third kappa shape index (κ3) is 2.58. The van der Waals surface area contributed by atoms with Gasteiger partial charge in [0.05, 0.1) is 6.61 Å². The molecule has 1 aromatic carbocycles. The Hall–Kier alpha value is -0.860. The van der Waals surface area contributed by atoms with Crippen molar-refractivity contribution in [3.05, 3.63) is 34.4 Å². The van der Waals surface area contributed by atoms with Gasteiger partial charge in [0, 0.05) is 5.41 Å². The van der Waals surface area contributed by atoms with E-state index in [4.69, 9.17) is 10.7 Å². The third-order valence-corrected chi connectivity index (χ3v) is 3.01. The van der Waals surface area contributed by atoms with Crippen LogP contribution < -0.4 is 5.90 Å². The van der Waals surface area contributed by atoms with Crippen LogP contribution in [0.3, 0.4) is 0 Å². The molecule has 2 N–H and O–H groups in total. The number of hydrogen-bond donors (Lipinski definition) is 1. The van der Waals surface area contributed by atoms with Crippen LogP contribution in [0.1, 0.15) is 36.1 Å². The van der Waals surface area contributed by atoms with Crippen molar-refractivity contribution in [2.45, 2.75) is 40.0 Å². The molecule has 0 radical (unpaired) electrons. The van der Waals surface area contributed by atoms with E-state index in [0.29, 0.717) is 6.61 Å². The molecule has 1 aromatic rings. The first-order valence-electron chi connectivity index (χ1n) is 5.28. The molecule has 0 amide bonds. The largest absolute Gasteiger partial charge is 0.304 e. The number of rotatable bonds is 3. The fourth-order valence-electron chi connectivity index (χ4n) is 1.98. The lowest BCUT2D eigenvalue weighted by Gasteiger charge is -2.26. The van der Waals surface area contributed by atoms with Crippen molar-refractivity contribution in [2.24, 2.45) is 5.90 Å². The van der Waals surface area contributed by atoms with Crippen molar-refractivity contribution in [2.75, 3.05) is 6.61 Å². The summed E-state index contributed by atoms with van der Waals surface area (Å²) in [6.07, 6.45) is 0. The first kappa shape index (κ1) is 12.2. The first-order valence-corrected chi connectivity index (χ1v) is 5.28. The quantitative estimate of drug-likeness (QED) is 0.773. The Balaban J connectivity index is 3.19. The Morgan fingerprint density at radius 3 is 2.13 bits per heavy atom. The molecule has 0 aromatic heterocycles. The summed E-state index contributed by atoms with van der Waals surface area (Å²) in [4.78, 5) is 4.79. The van der Waals surface area contributed by atoms with Crippen LogP contribution in [-0.4, -0.2) is 6.61 Å². The second kappa shape index (κ2) is 4.33. The predicted molar refractivity (Wildman–Crippen MR) is 63.8 cm³/mol. The van der Waals surface area contributed by atoms with Gasteiger partial charge in [0.25, 0.3) is 0 Å². The van der Waals surface area contributed by atoms with Crippen molar-refractivity contribution < 1.29 is 4.84 Å². The average Bonchev–Trinajstić information content (AvgIpc) is 2.11. The van der Waals surface area contributed by atoms with Gasteiger partial charge >= 0.3 is 0 Å². The predicted octanol–water partition coefficient (Wildman–Crippen LogP) is 2.78. The van der Waals surface area contributed by atoms with Gasteiger partial charge in [-0.1, -0.05) is 26.0 Å². The number of hydrogen-bond acceptors (Lipinski definition) is 2. The van der Waals surface area contributed by atoms with E-state index >= 15 is 0 Å². The summed E-state index contributed by atoms with van der Waals surface area (Å²) in [5.74, 6) is 5.17. The van der Waals surface area contributed by atoms with Gasteiger partial charge in [-0.25, -0.2) is 5.90 Å². The molecule has 0 spiro atoms. The molecule has 0 fully saturated rings. The minimum atomic E-state index is -0.0305. The van der Waals surface area contributed by atoms with Gasteiger partial charge in [-0.15, -0.1) is 0 Å². The number of benzene rings is 1. The summed E-state index contributed by atoms with van der Waals surface area (Å²) in [6.45, 7) is 11.3. The summed E-state index contributed by atoms with van der Waals surface area (Å²) in [7, 11) is 0. The Morgan fingerprint density at radius 2 is 1.60 bits per heavy atom. The van der Waals surface area contributed by atoms with Gasteiger partial charge < -0.3 is 4.84 Å². The summed E-state index contributed by atoms with van der Waals surface area (Å²) in [5.41, 5.74) is 5.25. The van der Waals surface area contributed by atoms with E-state index in [0.717, 1.165) is 0 Å². The molecule has 0 bridgehead atoms. The zero-order chi connectivity index (χ0) is 11.6. The molecule has 0 aliphatic carbocycles. The van der Waals surface area contributed by atoms with Gasteiger partial charge in [0.15, 0.2) is 0 Å². The molecular weight excluding hydrogens is 186 g/mol. The summed E-state index contributed by atoms with van der Waals surface area (Å²) < 4.78 is 0. The molecule has 1 rings (SSSR count). The molecule has 0 saturated carbocycles. The van der Waals surface area contributed by atoms with E-state index in [1.165, 1.54) is 22.3 Å². The maximum atomic E-state index is 5.17. The van der Waals surface area contributed by atoms with Gasteiger partial charge in [0.1, 0.15) is 0 Å². The van der Waals surface area contributed by atoms with E-state index in [2.05, 4.69) is 46.8 Å². The highest BCUT2D eigenvalue weighted by Gasteiger charge is 2.23. The molecule has 0 aliphatic heterocycles. The minimum absolute atomic E-state index is 0.0305. The van der Waals surface area contributed by atoms with Gasteiger partial charge in [-0.3, -0.25) is 0 Å². The van der Waals surface area contributed by atoms with Crippen molar-refractivity contribution in [1.82, 2.24) is 0 Å². The van der Waals surface area contributed by atoms with E-state index in [1.807, 2.05) is 0 Å². The van der Waals surface area contributed by atoms with Gasteiger partial charge in [0.2, 0.25) is 0 Å². The van der Waals surface area contributed by atoms with Crippen LogP contribution in [0, 0.1) is 20.8 Å². The Labute approximate surface area is 92.4 Å². The highest BCUT2D eigenvalue weighted by atomic mass is 16.6. The molecule has 0 unspecified atom stereocenters.